The summed E-state index contributed by atoms with van der Waals surface area (Å²) in [5, 5.41) is 15.7. The number of anilines is 1. The molecular formula is C25H30N4O5S3. The molecule has 1 aromatic heterocycles. The molecule has 2 aromatic carbocycles. The minimum atomic E-state index is -3.69. The van der Waals surface area contributed by atoms with Crippen molar-refractivity contribution >= 4 is 37.1 Å². The van der Waals surface area contributed by atoms with Gasteiger partial charge in [0.25, 0.3) is 10.0 Å². The average Bonchev–Trinajstić information content (AvgIpc) is 3.36. The van der Waals surface area contributed by atoms with Crippen LogP contribution in [0.1, 0.15) is 34.8 Å². The monoisotopic (exact) mass is 562 g/mol. The lowest BCUT2D eigenvalue weighted by molar-refractivity contribution is -0.873. The minimum absolute atomic E-state index is 0.0164. The van der Waals surface area contributed by atoms with Gasteiger partial charge in [-0.1, -0.05) is 47.3 Å². The lowest BCUT2D eigenvalue weighted by atomic mass is 10.0. The van der Waals surface area contributed by atoms with Crippen molar-refractivity contribution in [3.63, 3.8) is 0 Å². The first kappa shape index (κ1) is 26.3. The SMILES string of the molecule is Cc1c(C2C[NH+]([O-])NS2(=O)=O)csc1-c1cccc(NC2CCN(S(=O)(=O)Cc3ccccc3)CC2)c1. The van der Waals surface area contributed by atoms with Gasteiger partial charge in [-0.2, -0.15) is 0 Å². The summed E-state index contributed by atoms with van der Waals surface area (Å²) in [5.74, 6) is 0.0164. The Morgan fingerprint density at radius 1 is 1.14 bits per heavy atom. The molecule has 2 saturated heterocycles. The van der Waals surface area contributed by atoms with Crippen LogP contribution in [0.2, 0.25) is 0 Å². The topological polar surface area (TPSA) is 123 Å². The number of rotatable bonds is 7. The lowest BCUT2D eigenvalue weighted by Crippen LogP contribution is -3.11. The van der Waals surface area contributed by atoms with E-state index in [4.69, 9.17) is 0 Å². The molecule has 0 saturated carbocycles. The van der Waals surface area contributed by atoms with Gasteiger partial charge in [-0.25, -0.2) is 21.1 Å². The van der Waals surface area contributed by atoms with Crippen LogP contribution in [0.25, 0.3) is 10.4 Å². The van der Waals surface area contributed by atoms with Gasteiger partial charge in [0.05, 0.1) is 5.75 Å². The molecule has 0 bridgehead atoms. The molecule has 0 radical (unpaired) electrons. The first-order valence-electron chi connectivity index (χ1n) is 12.1. The fraction of sp³-hybridized carbons (Fsp3) is 0.360. The molecule has 37 heavy (non-hydrogen) atoms. The van der Waals surface area contributed by atoms with Gasteiger partial charge >= 0.3 is 0 Å². The molecule has 12 heteroatoms. The zero-order valence-electron chi connectivity index (χ0n) is 20.4. The number of sulfonamides is 2. The second-order valence-electron chi connectivity index (χ2n) is 9.55. The first-order chi connectivity index (χ1) is 17.6. The van der Waals surface area contributed by atoms with Gasteiger partial charge in [0.2, 0.25) is 10.0 Å². The highest BCUT2D eigenvalue weighted by Gasteiger charge is 2.40. The Bertz CT molecular complexity index is 1470. The highest BCUT2D eigenvalue weighted by Crippen LogP contribution is 2.38. The number of benzene rings is 2. The molecule has 198 valence electrons. The van der Waals surface area contributed by atoms with Crippen molar-refractivity contribution in [2.75, 3.05) is 25.0 Å². The number of hydrogen-bond acceptors (Lipinski definition) is 7. The van der Waals surface area contributed by atoms with Gasteiger partial charge in [0, 0.05) is 29.7 Å². The van der Waals surface area contributed by atoms with Gasteiger partial charge in [-0.05, 0) is 59.5 Å². The van der Waals surface area contributed by atoms with Crippen molar-refractivity contribution in [2.45, 2.75) is 36.8 Å². The Morgan fingerprint density at radius 2 is 1.86 bits per heavy atom. The van der Waals surface area contributed by atoms with E-state index < -0.39 is 30.5 Å². The molecule has 2 atom stereocenters. The van der Waals surface area contributed by atoms with E-state index in [1.165, 1.54) is 11.3 Å². The molecule has 3 heterocycles. The van der Waals surface area contributed by atoms with E-state index >= 15 is 0 Å². The van der Waals surface area contributed by atoms with E-state index in [1.54, 1.807) is 4.31 Å². The van der Waals surface area contributed by atoms with E-state index in [0.29, 0.717) is 31.5 Å². The van der Waals surface area contributed by atoms with Crippen LogP contribution in [0.4, 0.5) is 5.69 Å². The van der Waals surface area contributed by atoms with Gasteiger partial charge < -0.3 is 10.5 Å². The third-order valence-corrected chi connectivity index (χ3v) is 11.6. The normalized spacial score (nSPS) is 22.8. The van der Waals surface area contributed by atoms with Crippen LogP contribution in [-0.2, 0) is 25.8 Å². The smallest absolute Gasteiger partial charge is 0.266 e. The summed E-state index contributed by atoms with van der Waals surface area (Å²) in [6.07, 6.45) is 1.42. The van der Waals surface area contributed by atoms with Crippen molar-refractivity contribution in [3.05, 3.63) is 81.9 Å². The van der Waals surface area contributed by atoms with Crippen molar-refractivity contribution in [2.24, 2.45) is 0 Å². The Kier molecular flexibility index (Phi) is 7.42. The van der Waals surface area contributed by atoms with Crippen LogP contribution in [-0.4, -0.2) is 46.8 Å². The summed E-state index contributed by atoms with van der Waals surface area (Å²) in [4.78, 5) is 3.05. The maximum Gasteiger partial charge on any atom is 0.266 e. The molecule has 5 rings (SSSR count). The standard InChI is InChI=1S/C25H30N4O5S3/c1-18-23(24-15-29(30)27-37(24,33)34)16-35-25(18)20-8-5-9-22(14-20)26-21-10-12-28(13-11-21)36(31,32)17-19-6-3-2-4-7-19/h2-9,14,16,21,24,26-27,29H,10-13,15,17H2,1H3. The fourth-order valence-electron chi connectivity index (χ4n) is 5.00. The summed E-state index contributed by atoms with van der Waals surface area (Å²) < 4.78 is 52.0. The lowest BCUT2D eigenvalue weighted by Gasteiger charge is -2.32. The second kappa shape index (κ2) is 10.4. The maximum atomic E-state index is 12.9. The van der Waals surface area contributed by atoms with Crippen LogP contribution < -0.4 is 15.3 Å². The second-order valence-corrected chi connectivity index (χ2v) is 14.3. The van der Waals surface area contributed by atoms with Crippen LogP contribution >= 0.6 is 11.3 Å². The highest BCUT2D eigenvalue weighted by atomic mass is 32.2. The molecule has 2 aliphatic heterocycles. The largest absolute Gasteiger partial charge is 0.612 e. The van der Waals surface area contributed by atoms with E-state index in [2.05, 4.69) is 10.1 Å². The van der Waals surface area contributed by atoms with Crippen molar-refractivity contribution in [1.82, 2.24) is 9.14 Å². The molecule has 0 amide bonds. The minimum Gasteiger partial charge on any atom is -0.612 e. The average molecular weight is 563 g/mol. The Hall–Kier alpha value is -2.32. The van der Waals surface area contributed by atoms with E-state index in [0.717, 1.165) is 27.3 Å². The number of nitrogens with one attached hydrogen (secondary N) is 3. The predicted octanol–water partition coefficient (Wildman–Crippen LogP) is 2.40. The maximum absolute atomic E-state index is 12.9. The molecule has 0 aliphatic carbocycles. The Labute approximate surface area is 221 Å². The van der Waals surface area contributed by atoms with E-state index in [1.807, 2.05) is 66.9 Å². The summed E-state index contributed by atoms with van der Waals surface area (Å²) in [6, 6.07) is 17.3. The first-order valence-corrected chi connectivity index (χ1v) is 16.2. The summed E-state index contributed by atoms with van der Waals surface area (Å²) in [7, 11) is -7.05. The Balaban J connectivity index is 1.24. The Morgan fingerprint density at radius 3 is 2.54 bits per heavy atom. The van der Waals surface area contributed by atoms with Gasteiger partial charge in [-0.3, -0.25) is 5.17 Å². The molecule has 2 aliphatic rings. The number of hydroxylamine groups is 1. The zero-order valence-corrected chi connectivity index (χ0v) is 22.8. The number of piperidine rings is 1. The summed E-state index contributed by atoms with van der Waals surface area (Å²) in [6.45, 7) is 2.79. The van der Waals surface area contributed by atoms with Gasteiger partial charge in [-0.15, -0.1) is 11.3 Å². The molecule has 2 fully saturated rings. The van der Waals surface area contributed by atoms with Gasteiger partial charge in [0.15, 0.2) is 5.25 Å². The number of thiophene rings is 1. The zero-order chi connectivity index (χ0) is 26.2. The van der Waals surface area contributed by atoms with Crippen LogP contribution in [0, 0.1) is 12.1 Å². The molecule has 0 spiro atoms. The predicted molar refractivity (Wildman–Crippen MR) is 146 cm³/mol. The van der Waals surface area contributed by atoms with Crippen LogP contribution in [0.3, 0.4) is 0 Å². The molecule has 2 unspecified atom stereocenters. The van der Waals surface area contributed by atoms with Crippen LogP contribution in [0.15, 0.2) is 60.0 Å². The van der Waals surface area contributed by atoms with Crippen molar-refractivity contribution in [3.8, 4) is 10.4 Å². The van der Waals surface area contributed by atoms with Crippen LogP contribution in [0.5, 0.6) is 0 Å². The number of hydrogen-bond donors (Lipinski definition) is 3. The molecule has 3 N–H and O–H groups in total. The number of nitrogens with zero attached hydrogens (tertiary/aromatic N) is 1. The molecular weight excluding hydrogens is 532 g/mol. The van der Waals surface area contributed by atoms with Crippen molar-refractivity contribution in [1.29, 1.82) is 0 Å². The quantitative estimate of drug-likeness (QED) is 0.380. The number of quaternary nitrogens is 1. The van der Waals surface area contributed by atoms with E-state index in [-0.39, 0.29) is 18.3 Å². The highest BCUT2D eigenvalue weighted by molar-refractivity contribution is 7.89. The van der Waals surface area contributed by atoms with E-state index in [9.17, 15) is 22.0 Å². The molecule has 9 nitrogen and oxygen atoms in total. The van der Waals surface area contributed by atoms with Crippen molar-refractivity contribution < 1.29 is 22.0 Å². The molecule has 3 aromatic rings. The summed E-state index contributed by atoms with van der Waals surface area (Å²) in [5.41, 5.74) is 4.23. The fourth-order valence-corrected chi connectivity index (χ4v) is 9.29. The third kappa shape index (κ3) is 5.75. The summed E-state index contributed by atoms with van der Waals surface area (Å²) >= 11 is 1.47. The van der Waals surface area contributed by atoms with Gasteiger partial charge in [0.1, 0.15) is 6.54 Å². The third-order valence-electron chi connectivity index (χ3n) is 6.96.